The van der Waals surface area contributed by atoms with E-state index in [9.17, 15) is 0 Å². The first kappa shape index (κ1) is 19.3. The SMILES string of the molecule is C[C@@H](N)CN1CCc2cnccc2C1.Cl.Cl.Cl. The first-order valence-electron chi connectivity index (χ1n) is 5.15. The molecule has 6 heteroatoms. The normalized spacial score (nSPS) is 15.6. The van der Waals surface area contributed by atoms with Crippen LogP contribution in [0.2, 0.25) is 0 Å². The number of fused-ring (bicyclic) bond motifs is 1. The van der Waals surface area contributed by atoms with Gasteiger partial charge in [-0.1, -0.05) is 0 Å². The van der Waals surface area contributed by atoms with Gasteiger partial charge in [-0.25, -0.2) is 0 Å². The van der Waals surface area contributed by atoms with E-state index in [0.29, 0.717) is 0 Å². The lowest BCUT2D eigenvalue weighted by Gasteiger charge is -2.29. The number of rotatable bonds is 2. The van der Waals surface area contributed by atoms with Crippen LogP contribution in [-0.2, 0) is 13.0 Å². The van der Waals surface area contributed by atoms with Crippen LogP contribution in [0.4, 0.5) is 0 Å². The van der Waals surface area contributed by atoms with Gasteiger partial charge in [0, 0.05) is 38.1 Å². The molecule has 0 saturated carbocycles. The highest BCUT2D eigenvalue weighted by Crippen LogP contribution is 2.16. The zero-order valence-electron chi connectivity index (χ0n) is 9.83. The molecular formula is C11H20Cl3N3. The van der Waals surface area contributed by atoms with Gasteiger partial charge in [0.15, 0.2) is 0 Å². The van der Waals surface area contributed by atoms with Crippen LogP contribution in [0.15, 0.2) is 18.5 Å². The third-order valence-electron chi connectivity index (χ3n) is 2.64. The number of pyridine rings is 1. The summed E-state index contributed by atoms with van der Waals surface area (Å²) in [6.07, 6.45) is 4.96. The quantitative estimate of drug-likeness (QED) is 0.909. The summed E-state index contributed by atoms with van der Waals surface area (Å²) in [6, 6.07) is 2.38. The second kappa shape index (κ2) is 8.95. The topological polar surface area (TPSA) is 42.1 Å². The molecule has 100 valence electrons. The van der Waals surface area contributed by atoms with Gasteiger partial charge >= 0.3 is 0 Å². The van der Waals surface area contributed by atoms with Crippen molar-refractivity contribution in [3.05, 3.63) is 29.6 Å². The predicted molar refractivity (Wildman–Crippen MR) is 78.6 cm³/mol. The Kier molecular flexibility index (Phi) is 10.2. The Hall–Kier alpha value is -0.0600. The van der Waals surface area contributed by atoms with E-state index in [4.69, 9.17) is 5.73 Å². The summed E-state index contributed by atoms with van der Waals surface area (Å²) < 4.78 is 0. The molecule has 2 N–H and O–H groups in total. The van der Waals surface area contributed by atoms with E-state index >= 15 is 0 Å². The molecule has 2 heterocycles. The van der Waals surface area contributed by atoms with Gasteiger partial charge in [0.25, 0.3) is 0 Å². The lowest BCUT2D eigenvalue weighted by Crippen LogP contribution is -2.38. The maximum Gasteiger partial charge on any atom is 0.0303 e. The zero-order chi connectivity index (χ0) is 9.97. The largest absolute Gasteiger partial charge is 0.327 e. The maximum absolute atomic E-state index is 5.79. The molecule has 0 spiro atoms. The first-order valence-corrected chi connectivity index (χ1v) is 5.15. The molecular weight excluding hydrogens is 281 g/mol. The smallest absolute Gasteiger partial charge is 0.0303 e. The van der Waals surface area contributed by atoms with E-state index in [1.807, 2.05) is 12.4 Å². The van der Waals surface area contributed by atoms with E-state index in [1.165, 1.54) is 11.1 Å². The summed E-state index contributed by atoms with van der Waals surface area (Å²) in [6.45, 7) is 5.18. The molecule has 0 aliphatic carbocycles. The Labute approximate surface area is 121 Å². The van der Waals surface area contributed by atoms with Crippen molar-refractivity contribution in [3.63, 3.8) is 0 Å². The maximum atomic E-state index is 5.79. The Morgan fingerprint density at radius 1 is 1.35 bits per heavy atom. The molecule has 0 aromatic carbocycles. The van der Waals surface area contributed by atoms with Gasteiger partial charge in [0.2, 0.25) is 0 Å². The molecule has 0 unspecified atom stereocenters. The molecule has 0 amide bonds. The molecule has 1 aromatic heterocycles. The summed E-state index contributed by atoms with van der Waals surface area (Å²) in [7, 11) is 0. The van der Waals surface area contributed by atoms with Gasteiger partial charge in [-0.2, -0.15) is 0 Å². The van der Waals surface area contributed by atoms with Gasteiger partial charge in [0.05, 0.1) is 0 Å². The van der Waals surface area contributed by atoms with E-state index in [-0.39, 0.29) is 43.3 Å². The average molecular weight is 301 g/mol. The zero-order valence-corrected chi connectivity index (χ0v) is 12.3. The summed E-state index contributed by atoms with van der Waals surface area (Å²) in [5.41, 5.74) is 8.60. The molecule has 17 heavy (non-hydrogen) atoms. The minimum absolute atomic E-state index is 0. The molecule has 1 aromatic rings. The van der Waals surface area contributed by atoms with Crippen LogP contribution >= 0.6 is 37.2 Å². The molecule has 0 bridgehead atoms. The molecule has 1 atom stereocenters. The van der Waals surface area contributed by atoms with Crippen LogP contribution < -0.4 is 5.73 Å². The van der Waals surface area contributed by atoms with Crippen molar-refractivity contribution in [3.8, 4) is 0 Å². The molecule has 1 aliphatic rings. The number of nitrogens with two attached hydrogens (primary N) is 1. The fourth-order valence-electron chi connectivity index (χ4n) is 2.00. The lowest BCUT2D eigenvalue weighted by atomic mass is 10.0. The number of hydrogen-bond acceptors (Lipinski definition) is 3. The van der Waals surface area contributed by atoms with Crippen LogP contribution in [0.1, 0.15) is 18.1 Å². The minimum atomic E-state index is 0. The van der Waals surface area contributed by atoms with E-state index in [0.717, 1.165) is 26.1 Å². The highest BCUT2D eigenvalue weighted by atomic mass is 35.5. The van der Waals surface area contributed by atoms with Gasteiger partial charge in [-0.05, 0) is 30.5 Å². The predicted octanol–water partition coefficient (Wildman–Crippen LogP) is 2.05. The van der Waals surface area contributed by atoms with Gasteiger partial charge in [-0.3, -0.25) is 9.88 Å². The highest BCUT2D eigenvalue weighted by Gasteiger charge is 2.16. The van der Waals surface area contributed by atoms with Gasteiger partial charge in [0.1, 0.15) is 0 Å². The summed E-state index contributed by atoms with van der Waals surface area (Å²) in [5, 5.41) is 0. The van der Waals surface area contributed by atoms with Crippen molar-refractivity contribution in [2.45, 2.75) is 25.9 Å². The standard InChI is InChI=1S/C11H17N3.3ClH/c1-9(12)7-14-5-3-10-6-13-4-2-11(10)8-14;;;/h2,4,6,9H,3,5,7-8,12H2,1H3;3*1H/t9-;;;/m1.../s1. The minimum Gasteiger partial charge on any atom is -0.327 e. The number of aromatic nitrogens is 1. The second-order valence-corrected chi connectivity index (χ2v) is 4.11. The van der Waals surface area contributed by atoms with E-state index in [1.54, 1.807) is 0 Å². The van der Waals surface area contributed by atoms with Crippen molar-refractivity contribution in [2.75, 3.05) is 13.1 Å². The first-order chi connectivity index (χ1) is 6.75. The number of halogens is 3. The van der Waals surface area contributed by atoms with Crippen LogP contribution in [0.3, 0.4) is 0 Å². The van der Waals surface area contributed by atoms with Crippen LogP contribution in [0.25, 0.3) is 0 Å². The second-order valence-electron chi connectivity index (χ2n) is 4.11. The third-order valence-corrected chi connectivity index (χ3v) is 2.64. The van der Waals surface area contributed by atoms with Crippen LogP contribution in [0.5, 0.6) is 0 Å². The third kappa shape index (κ3) is 5.40. The molecule has 1 aliphatic heterocycles. The van der Waals surface area contributed by atoms with Gasteiger partial charge < -0.3 is 5.73 Å². The van der Waals surface area contributed by atoms with E-state index < -0.39 is 0 Å². The Morgan fingerprint density at radius 3 is 2.71 bits per heavy atom. The number of hydrogen-bond donors (Lipinski definition) is 1. The number of nitrogens with zero attached hydrogens (tertiary/aromatic N) is 2. The summed E-state index contributed by atoms with van der Waals surface area (Å²) in [5.74, 6) is 0. The van der Waals surface area contributed by atoms with Crippen molar-refractivity contribution in [2.24, 2.45) is 5.73 Å². The van der Waals surface area contributed by atoms with Crippen LogP contribution in [-0.4, -0.2) is 29.0 Å². The Morgan fingerprint density at radius 2 is 2.06 bits per heavy atom. The van der Waals surface area contributed by atoms with Crippen molar-refractivity contribution in [1.82, 2.24) is 9.88 Å². The Balaban J connectivity index is 0. The Bertz CT molecular complexity index is 321. The monoisotopic (exact) mass is 299 g/mol. The van der Waals surface area contributed by atoms with Gasteiger partial charge in [-0.15, -0.1) is 37.2 Å². The fourth-order valence-corrected chi connectivity index (χ4v) is 2.00. The summed E-state index contributed by atoms with van der Waals surface area (Å²) in [4.78, 5) is 6.55. The molecule has 2 rings (SSSR count). The van der Waals surface area contributed by atoms with Crippen molar-refractivity contribution >= 4 is 37.2 Å². The lowest BCUT2D eigenvalue weighted by molar-refractivity contribution is 0.242. The van der Waals surface area contributed by atoms with E-state index in [2.05, 4.69) is 22.9 Å². The fraction of sp³-hybridized carbons (Fsp3) is 0.545. The molecule has 0 fully saturated rings. The summed E-state index contributed by atoms with van der Waals surface area (Å²) >= 11 is 0. The molecule has 0 saturated heterocycles. The highest BCUT2D eigenvalue weighted by molar-refractivity contribution is 5.86. The molecule has 0 radical (unpaired) electrons. The average Bonchev–Trinajstić information content (AvgIpc) is 2.17. The van der Waals surface area contributed by atoms with Crippen LogP contribution in [0, 0.1) is 0 Å². The molecule has 3 nitrogen and oxygen atoms in total. The van der Waals surface area contributed by atoms with Crippen molar-refractivity contribution in [1.29, 1.82) is 0 Å². The van der Waals surface area contributed by atoms with Crippen molar-refractivity contribution < 1.29 is 0 Å².